The summed E-state index contributed by atoms with van der Waals surface area (Å²) in [5.74, 6) is -0.686. The zero-order chi connectivity index (χ0) is 11.4. The summed E-state index contributed by atoms with van der Waals surface area (Å²) < 4.78 is 2.32. The molecule has 80 valence electrons. The average Bonchev–Trinajstić information content (AvgIpc) is 2.86. The van der Waals surface area contributed by atoms with Gasteiger partial charge >= 0.3 is 5.97 Å². The van der Waals surface area contributed by atoms with Crippen LogP contribution in [0.15, 0.2) is 28.2 Å². The number of fused-ring (bicyclic) bond motifs is 1. The maximum atomic E-state index is 11.0. The largest absolute Gasteiger partial charge is 0.355 e. The predicted molar refractivity (Wildman–Crippen MR) is 64.0 cm³/mol. The third-order valence-electron chi connectivity index (χ3n) is 1.77. The molecule has 2 rings (SSSR count). The molecule has 2 heterocycles. The summed E-state index contributed by atoms with van der Waals surface area (Å²) in [5, 5.41) is 6.66. The lowest BCUT2D eigenvalue weighted by molar-refractivity contribution is -0.137. The quantitative estimate of drug-likeness (QED) is 0.274. The smallest absolute Gasteiger partial charge is 0.342 e. The Bertz CT molecular complexity index is 593. The van der Waals surface area contributed by atoms with Crippen LogP contribution in [0.5, 0.6) is 0 Å². The predicted octanol–water partition coefficient (Wildman–Crippen LogP) is 3.74. The molecule has 0 aromatic carbocycles. The number of thiophene rings is 2. The van der Waals surface area contributed by atoms with Crippen molar-refractivity contribution < 1.29 is 9.63 Å². The maximum absolute atomic E-state index is 11.0. The summed E-state index contributed by atoms with van der Waals surface area (Å²) in [4.78, 5) is 17.5. The first-order valence-electron chi connectivity index (χ1n) is 4.19. The Kier molecular flexibility index (Phi) is 3.21. The van der Waals surface area contributed by atoms with Crippen molar-refractivity contribution in [2.75, 3.05) is 0 Å². The van der Waals surface area contributed by atoms with Gasteiger partial charge in [0.05, 0.1) is 4.70 Å². The summed E-state index contributed by atoms with van der Waals surface area (Å²) in [6.45, 7) is 0. The molecule has 0 saturated carbocycles. The van der Waals surface area contributed by atoms with Crippen molar-refractivity contribution in [2.45, 2.75) is 0 Å². The van der Waals surface area contributed by atoms with Gasteiger partial charge in [-0.2, -0.15) is 0 Å². The molecule has 0 N–H and O–H groups in total. The first kappa shape index (κ1) is 10.7. The van der Waals surface area contributed by atoms with E-state index in [1.807, 2.05) is 16.8 Å². The van der Waals surface area contributed by atoms with Gasteiger partial charge in [0.15, 0.2) is 0 Å². The fourth-order valence-corrected chi connectivity index (χ4v) is 3.20. The van der Waals surface area contributed by atoms with Gasteiger partial charge in [0.25, 0.3) is 0 Å². The summed E-state index contributed by atoms with van der Waals surface area (Å²) in [6, 6.07) is 2.03. The normalized spacial score (nSPS) is 10.5. The highest BCUT2D eigenvalue weighted by Crippen LogP contribution is 2.31. The molecule has 0 aliphatic rings. The van der Waals surface area contributed by atoms with Gasteiger partial charge in [-0.15, -0.1) is 22.7 Å². The SMILES string of the molecule is [N-]=[N+]=NOC(=O)/C=C/c1csc2ccsc12. The lowest BCUT2D eigenvalue weighted by Crippen LogP contribution is -1.91. The molecule has 0 spiro atoms. The van der Waals surface area contributed by atoms with E-state index < -0.39 is 5.97 Å². The first-order chi connectivity index (χ1) is 7.81. The van der Waals surface area contributed by atoms with E-state index in [1.165, 1.54) is 10.8 Å². The van der Waals surface area contributed by atoms with E-state index in [2.05, 4.69) is 15.0 Å². The van der Waals surface area contributed by atoms with Gasteiger partial charge in [-0.25, -0.2) is 4.79 Å². The van der Waals surface area contributed by atoms with E-state index in [1.54, 1.807) is 28.7 Å². The van der Waals surface area contributed by atoms with E-state index in [0.29, 0.717) is 0 Å². The van der Waals surface area contributed by atoms with Gasteiger partial charge in [-0.1, -0.05) is 0 Å². The van der Waals surface area contributed by atoms with Crippen LogP contribution in [-0.2, 0) is 9.63 Å². The van der Waals surface area contributed by atoms with Crippen LogP contribution in [0.1, 0.15) is 5.56 Å². The number of hydrogen-bond acceptors (Lipinski definition) is 5. The molecule has 16 heavy (non-hydrogen) atoms. The highest BCUT2D eigenvalue weighted by atomic mass is 32.1. The molecule has 0 fully saturated rings. The monoisotopic (exact) mass is 251 g/mol. The molecule has 2 aromatic heterocycles. The van der Waals surface area contributed by atoms with Crippen LogP contribution in [0, 0.1) is 0 Å². The third kappa shape index (κ3) is 2.22. The fourth-order valence-electron chi connectivity index (χ4n) is 1.14. The molecule has 0 aliphatic heterocycles. The minimum Gasteiger partial charge on any atom is -0.355 e. The number of azide groups is 1. The standard InChI is InChI=1S/C9H5N3O2S2/c10-11-12-14-8(13)2-1-6-5-16-7-3-4-15-9(6)7/h1-5H/b2-1+. The Morgan fingerprint density at radius 3 is 3.25 bits per heavy atom. The van der Waals surface area contributed by atoms with Gasteiger partial charge in [0, 0.05) is 26.6 Å². The number of nitrogens with zero attached hydrogens (tertiary/aromatic N) is 3. The first-order valence-corrected chi connectivity index (χ1v) is 5.95. The maximum Gasteiger partial charge on any atom is 0.342 e. The molecular formula is C9H5N3O2S2. The molecule has 0 radical (unpaired) electrons. The number of hydrogen-bond donors (Lipinski definition) is 0. The van der Waals surface area contributed by atoms with E-state index in [0.717, 1.165) is 10.3 Å². The molecule has 2 aromatic rings. The number of carbonyl (C=O) groups is 1. The van der Waals surface area contributed by atoms with Crippen molar-refractivity contribution in [1.29, 1.82) is 0 Å². The Balaban J connectivity index is 2.15. The van der Waals surface area contributed by atoms with Crippen molar-refractivity contribution in [1.82, 2.24) is 0 Å². The van der Waals surface area contributed by atoms with Crippen LogP contribution >= 0.6 is 22.7 Å². The van der Waals surface area contributed by atoms with E-state index in [-0.39, 0.29) is 0 Å². The van der Waals surface area contributed by atoms with Crippen LogP contribution in [-0.4, -0.2) is 5.97 Å². The highest BCUT2D eigenvalue weighted by Gasteiger charge is 2.02. The van der Waals surface area contributed by atoms with Crippen molar-refractivity contribution in [3.63, 3.8) is 0 Å². The fraction of sp³-hybridized carbons (Fsp3) is 0. The zero-order valence-corrected chi connectivity index (χ0v) is 9.49. The Labute approximate surface area is 98.2 Å². The van der Waals surface area contributed by atoms with Crippen molar-refractivity contribution in [3.8, 4) is 0 Å². The summed E-state index contributed by atoms with van der Waals surface area (Å²) in [7, 11) is 0. The minimum absolute atomic E-state index is 0.686. The van der Waals surface area contributed by atoms with Gasteiger partial charge in [-0.3, -0.25) is 0 Å². The topological polar surface area (TPSA) is 75.1 Å². The lowest BCUT2D eigenvalue weighted by atomic mass is 10.3. The second-order valence-electron chi connectivity index (χ2n) is 2.72. The van der Waals surface area contributed by atoms with Crippen LogP contribution in [0.4, 0.5) is 0 Å². The Morgan fingerprint density at radius 1 is 1.56 bits per heavy atom. The highest BCUT2D eigenvalue weighted by molar-refractivity contribution is 7.26. The van der Waals surface area contributed by atoms with Crippen LogP contribution < -0.4 is 0 Å². The van der Waals surface area contributed by atoms with Crippen LogP contribution in [0.3, 0.4) is 0 Å². The van der Waals surface area contributed by atoms with Gasteiger partial charge < -0.3 is 4.84 Å². The molecule has 0 unspecified atom stereocenters. The molecule has 7 heteroatoms. The summed E-state index contributed by atoms with van der Waals surface area (Å²) in [6.07, 6.45) is 2.88. The third-order valence-corrected chi connectivity index (χ3v) is 3.83. The van der Waals surface area contributed by atoms with Gasteiger partial charge in [-0.05, 0) is 23.1 Å². The number of rotatable bonds is 3. The zero-order valence-electron chi connectivity index (χ0n) is 7.86. The van der Waals surface area contributed by atoms with Gasteiger partial charge in [0.2, 0.25) is 0 Å². The van der Waals surface area contributed by atoms with Crippen LogP contribution in [0.25, 0.3) is 25.9 Å². The molecule has 0 saturated heterocycles. The molecule has 5 nitrogen and oxygen atoms in total. The molecule has 0 atom stereocenters. The van der Waals surface area contributed by atoms with E-state index in [9.17, 15) is 4.79 Å². The average molecular weight is 251 g/mol. The molecule has 0 aliphatic carbocycles. The minimum atomic E-state index is -0.686. The van der Waals surface area contributed by atoms with Gasteiger partial charge in [0.1, 0.15) is 5.28 Å². The Morgan fingerprint density at radius 2 is 2.44 bits per heavy atom. The van der Waals surface area contributed by atoms with Crippen LogP contribution in [0.2, 0.25) is 0 Å². The molecule has 0 amide bonds. The second kappa shape index (κ2) is 4.80. The Hall–Kier alpha value is -1.82. The van der Waals surface area contributed by atoms with E-state index in [4.69, 9.17) is 5.53 Å². The molecule has 0 bridgehead atoms. The van der Waals surface area contributed by atoms with Crippen molar-refractivity contribution >= 4 is 44.1 Å². The summed E-state index contributed by atoms with van der Waals surface area (Å²) >= 11 is 3.23. The van der Waals surface area contributed by atoms with Crippen molar-refractivity contribution in [3.05, 3.63) is 38.9 Å². The van der Waals surface area contributed by atoms with Crippen molar-refractivity contribution in [2.24, 2.45) is 5.28 Å². The number of carbonyl (C=O) groups excluding carboxylic acids is 1. The lowest BCUT2D eigenvalue weighted by Gasteiger charge is -1.87. The summed E-state index contributed by atoms with van der Waals surface area (Å²) in [5.41, 5.74) is 8.91. The second-order valence-corrected chi connectivity index (χ2v) is 4.55. The van der Waals surface area contributed by atoms with E-state index >= 15 is 0 Å². The molecular weight excluding hydrogens is 246 g/mol.